The minimum Gasteiger partial charge on any atom is -0.481 e. The summed E-state index contributed by atoms with van der Waals surface area (Å²) >= 11 is 0. The van der Waals surface area contributed by atoms with Gasteiger partial charge in [-0.15, -0.1) is 0 Å². The van der Waals surface area contributed by atoms with Crippen LogP contribution in [-0.2, 0) is 21.2 Å². The van der Waals surface area contributed by atoms with E-state index in [0.717, 1.165) is 0 Å². The first kappa shape index (κ1) is 13.1. The van der Waals surface area contributed by atoms with Crippen LogP contribution < -0.4 is 4.72 Å². The first-order chi connectivity index (χ1) is 8.97. The number of aliphatic carboxylic acids is 1. The molecule has 2 aromatic rings. The van der Waals surface area contributed by atoms with Crippen LogP contribution in [0.25, 0.3) is 0 Å². The SMILES string of the molecule is O=C(O)Cc1ccc(NS(=O)(=O)c2cnc[nH]2)cc1. The second-order valence-electron chi connectivity index (χ2n) is 3.79. The van der Waals surface area contributed by atoms with Gasteiger partial charge < -0.3 is 10.1 Å². The van der Waals surface area contributed by atoms with Crippen molar-refractivity contribution >= 4 is 21.7 Å². The van der Waals surface area contributed by atoms with Crippen LogP contribution in [-0.4, -0.2) is 29.5 Å². The number of carboxylic acids is 1. The number of hydrogen-bond donors (Lipinski definition) is 3. The van der Waals surface area contributed by atoms with Crippen LogP contribution in [0.1, 0.15) is 5.56 Å². The van der Waals surface area contributed by atoms with E-state index in [1.54, 1.807) is 12.1 Å². The van der Waals surface area contributed by atoms with E-state index in [-0.39, 0.29) is 11.4 Å². The summed E-state index contributed by atoms with van der Waals surface area (Å²) in [5.41, 5.74) is 0.945. The monoisotopic (exact) mass is 281 g/mol. The smallest absolute Gasteiger partial charge is 0.307 e. The van der Waals surface area contributed by atoms with Crippen molar-refractivity contribution in [2.24, 2.45) is 0 Å². The van der Waals surface area contributed by atoms with E-state index in [0.29, 0.717) is 11.3 Å². The summed E-state index contributed by atoms with van der Waals surface area (Å²) in [5.74, 6) is -0.939. The Balaban J connectivity index is 2.14. The van der Waals surface area contributed by atoms with Gasteiger partial charge in [0.05, 0.1) is 18.9 Å². The van der Waals surface area contributed by atoms with Crippen molar-refractivity contribution < 1.29 is 18.3 Å². The van der Waals surface area contributed by atoms with Gasteiger partial charge in [-0.2, -0.15) is 8.42 Å². The number of hydrogen-bond acceptors (Lipinski definition) is 4. The first-order valence-electron chi connectivity index (χ1n) is 5.29. The minimum atomic E-state index is -3.69. The fraction of sp³-hybridized carbons (Fsp3) is 0.0909. The van der Waals surface area contributed by atoms with Crippen LogP contribution in [0.4, 0.5) is 5.69 Å². The number of sulfonamides is 1. The quantitative estimate of drug-likeness (QED) is 0.751. The van der Waals surface area contributed by atoms with Crippen LogP contribution in [0.15, 0.2) is 41.8 Å². The Morgan fingerprint density at radius 1 is 1.32 bits per heavy atom. The highest BCUT2D eigenvalue weighted by atomic mass is 32.2. The van der Waals surface area contributed by atoms with E-state index in [1.165, 1.54) is 24.7 Å². The fourth-order valence-electron chi connectivity index (χ4n) is 1.47. The maximum Gasteiger partial charge on any atom is 0.307 e. The van der Waals surface area contributed by atoms with E-state index in [4.69, 9.17) is 5.11 Å². The maximum absolute atomic E-state index is 11.8. The molecule has 0 saturated carbocycles. The molecule has 2 rings (SSSR count). The second-order valence-corrected chi connectivity index (χ2v) is 5.44. The lowest BCUT2D eigenvalue weighted by Crippen LogP contribution is -2.13. The topological polar surface area (TPSA) is 112 Å². The largest absolute Gasteiger partial charge is 0.481 e. The summed E-state index contributed by atoms with van der Waals surface area (Å²) < 4.78 is 26.1. The Bertz CT molecular complexity index is 662. The average molecular weight is 281 g/mol. The third-order valence-electron chi connectivity index (χ3n) is 2.32. The molecule has 7 nitrogen and oxygen atoms in total. The summed E-state index contributed by atoms with van der Waals surface area (Å²) in [7, 11) is -3.69. The molecule has 3 N–H and O–H groups in total. The lowest BCUT2D eigenvalue weighted by atomic mass is 10.1. The van der Waals surface area contributed by atoms with Crippen molar-refractivity contribution in [2.75, 3.05) is 4.72 Å². The molecule has 0 unspecified atom stereocenters. The number of nitrogens with one attached hydrogen (secondary N) is 2. The first-order valence-corrected chi connectivity index (χ1v) is 6.77. The highest BCUT2D eigenvalue weighted by Crippen LogP contribution is 2.15. The van der Waals surface area contributed by atoms with Crippen LogP contribution >= 0.6 is 0 Å². The number of benzene rings is 1. The summed E-state index contributed by atoms with van der Waals surface area (Å²) in [6.07, 6.45) is 2.36. The zero-order chi connectivity index (χ0) is 13.9. The number of imidazole rings is 1. The van der Waals surface area contributed by atoms with Crippen LogP contribution in [0, 0.1) is 0 Å². The Morgan fingerprint density at radius 3 is 2.53 bits per heavy atom. The van der Waals surface area contributed by atoms with Gasteiger partial charge in [0, 0.05) is 5.69 Å². The maximum atomic E-state index is 11.8. The molecule has 1 heterocycles. The highest BCUT2D eigenvalue weighted by molar-refractivity contribution is 7.92. The van der Waals surface area contributed by atoms with Crippen molar-refractivity contribution in [3.8, 4) is 0 Å². The molecule has 0 fully saturated rings. The van der Waals surface area contributed by atoms with Crippen molar-refractivity contribution in [1.82, 2.24) is 9.97 Å². The Kier molecular flexibility index (Phi) is 3.52. The molecule has 0 atom stereocenters. The van der Waals surface area contributed by atoms with Crippen LogP contribution in [0.2, 0.25) is 0 Å². The molecule has 0 aliphatic rings. The van der Waals surface area contributed by atoms with E-state index >= 15 is 0 Å². The predicted molar refractivity (Wildman–Crippen MR) is 67.2 cm³/mol. The molecule has 19 heavy (non-hydrogen) atoms. The number of carboxylic acid groups (broad SMARTS) is 1. The third kappa shape index (κ3) is 3.32. The van der Waals surface area contributed by atoms with Gasteiger partial charge in [-0.3, -0.25) is 9.52 Å². The van der Waals surface area contributed by atoms with E-state index in [9.17, 15) is 13.2 Å². The second kappa shape index (κ2) is 5.11. The van der Waals surface area contributed by atoms with Gasteiger partial charge >= 0.3 is 5.97 Å². The number of carbonyl (C=O) groups is 1. The Hall–Kier alpha value is -2.35. The fourth-order valence-corrected chi connectivity index (χ4v) is 2.43. The van der Waals surface area contributed by atoms with Gasteiger partial charge in [-0.05, 0) is 17.7 Å². The molecule has 0 radical (unpaired) electrons. The Labute approximate surface area is 109 Å². The third-order valence-corrected chi connectivity index (χ3v) is 3.63. The molecule has 1 aromatic carbocycles. The van der Waals surface area contributed by atoms with Gasteiger partial charge in [0.15, 0.2) is 5.03 Å². The lowest BCUT2D eigenvalue weighted by molar-refractivity contribution is -0.136. The highest BCUT2D eigenvalue weighted by Gasteiger charge is 2.15. The molecule has 1 aromatic heterocycles. The standard InChI is InChI=1S/C11H11N3O4S/c15-11(16)5-8-1-3-9(4-2-8)14-19(17,18)10-6-12-7-13-10/h1-4,6-7,14H,5H2,(H,12,13)(H,15,16). The average Bonchev–Trinajstić information content (AvgIpc) is 2.85. The van der Waals surface area contributed by atoms with Crippen molar-refractivity contribution in [3.05, 3.63) is 42.4 Å². The summed E-state index contributed by atoms with van der Waals surface area (Å²) in [4.78, 5) is 16.6. The molecule has 0 amide bonds. The van der Waals surface area contributed by atoms with Gasteiger partial charge in [0.1, 0.15) is 0 Å². The molecule has 100 valence electrons. The van der Waals surface area contributed by atoms with Crippen molar-refractivity contribution in [1.29, 1.82) is 0 Å². The molecule has 0 bridgehead atoms. The van der Waals surface area contributed by atoms with E-state index in [2.05, 4.69) is 14.7 Å². The number of aromatic amines is 1. The molecular formula is C11H11N3O4S. The zero-order valence-corrected chi connectivity index (χ0v) is 10.5. The molecule has 0 spiro atoms. The Morgan fingerprint density at radius 2 is 2.00 bits per heavy atom. The minimum absolute atomic E-state index is 0.0397. The van der Waals surface area contributed by atoms with Crippen molar-refractivity contribution in [2.45, 2.75) is 11.4 Å². The number of aromatic nitrogens is 2. The van der Waals surface area contributed by atoms with Crippen molar-refractivity contribution in [3.63, 3.8) is 0 Å². The molecule has 0 aliphatic heterocycles. The number of rotatable bonds is 5. The summed E-state index contributed by atoms with van der Waals surface area (Å²) in [6.45, 7) is 0. The zero-order valence-electron chi connectivity index (χ0n) is 9.70. The molecule has 0 aliphatic carbocycles. The molecule has 8 heteroatoms. The predicted octanol–water partition coefficient (Wildman–Crippen LogP) is 0.838. The van der Waals surface area contributed by atoms with Crippen LogP contribution in [0.5, 0.6) is 0 Å². The van der Waals surface area contributed by atoms with Gasteiger partial charge in [0.2, 0.25) is 0 Å². The van der Waals surface area contributed by atoms with Crippen LogP contribution in [0.3, 0.4) is 0 Å². The van der Waals surface area contributed by atoms with Gasteiger partial charge in [-0.1, -0.05) is 12.1 Å². The number of anilines is 1. The summed E-state index contributed by atoms with van der Waals surface area (Å²) in [6, 6.07) is 6.12. The normalized spacial score (nSPS) is 11.2. The number of H-pyrrole nitrogens is 1. The van der Waals surface area contributed by atoms with Gasteiger partial charge in [0.25, 0.3) is 10.0 Å². The van der Waals surface area contributed by atoms with E-state index < -0.39 is 16.0 Å². The lowest BCUT2D eigenvalue weighted by Gasteiger charge is -2.06. The van der Waals surface area contributed by atoms with Gasteiger partial charge in [-0.25, -0.2) is 4.98 Å². The van der Waals surface area contributed by atoms with E-state index in [1.807, 2.05) is 0 Å². The number of nitrogens with zero attached hydrogens (tertiary/aromatic N) is 1. The molecular weight excluding hydrogens is 270 g/mol. The summed E-state index contributed by atoms with van der Waals surface area (Å²) in [5, 5.41) is 8.59. The molecule has 0 saturated heterocycles.